The number of rotatable bonds is 8. The van der Waals surface area contributed by atoms with Crippen molar-refractivity contribution in [2.24, 2.45) is 0 Å². The number of hydrogen-bond donors (Lipinski definition) is 0. The van der Waals surface area contributed by atoms with Crippen molar-refractivity contribution in [1.82, 2.24) is 4.57 Å². The minimum Gasteiger partial charge on any atom is -0.310 e. The van der Waals surface area contributed by atoms with Gasteiger partial charge < -0.3 is 9.47 Å². The minimum absolute atomic E-state index is 1.08. The van der Waals surface area contributed by atoms with E-state index in [0.29, 0.717) is 0 Å². The fraction of sp³-hybridized carbons (Fsp3) is 0. The molecule has 2 heteroatoms. The molecule has 56 heavy (non-hydrogen) atoms. The van der Waals surface area contributed by atoms with E-state index in [4.69, 9.17) is 0 Å². The largest absolute Gasteiger partial charge is 0.310 e. The van der Waals surface area contributed by atoms with E-state index in [1.54, 1.807) is 0 Å². The maximum absolute atomic E-state index is 2.44. The number of anilines is 3. The Bertz CT molecular complexity index is 2940. The molecular weight excluding hydrogens is 677 g/mol. The van der Waals surface area contributed by atoms with Crippen LogP contribution in [-0.2, 0) is 0 Å². The lowest BCUT2D eigenvalue weighted by Crippen LogP contribution is -2.10. The molecule has 0 atom stereocenters. The summed E-state index contributed by atoms with van der Waals surface area (Å²) in [5.74, 6) is 0. The van der Waals surface area contributed by atoms with Crippen LogP contribution in [0.2, 0.25) is 0 Å². The zero-order chi connectivity index (χ0) is 37.3. The summed E-state index contributed by atoms with van der Waals surface area (Å²) in [6, 6.07) is 83.1. The van der Waals surface area contributed by atoms with Crippen molar-refractivity contribution in [2.75, 3.05) is 4.90 Å². The standard InChI is InChI=1S/C54H38N2/c1-4-17-39(18-5-1)40-31-33-44(34-32-40)55(45-24-16-23-43(37-45)48-26-11-10-25-47(48)41-19-6-2-7-20-41)46-35-36-51-50-28-13-15-30-53(50)56(54(51)38-46)52-29-14-12-27-49(52)42-21-8-3-9-22-42/h1-38H. The normalized spacial score (nSPS) is 11.2. The summed E-state index contributed by atoms with van der Waals surface area (Å²) >= 11 is 0. The molecule has 0 aliphatic heterocycles. The Morgan fingerprint density at radius 1 is 0.268 bits per heavy atom. The van der Waals surface area contributed by atoms with Gasteiger partial charge in [-0.2, -0.15) is 0 Å². The Balaban J connectivity index is 1.18. The first-order valence-corrected chi connectivity index (χ1v) is 19.2. The molecule has 0 saturated heterocycles. The second-order valence-electron chi connectivity index (χ2n) is 14.1. The fourth-order valence-corrected chi connectivity index (χ4v) is 8.19. The summed E-state index contributed by atoms with van der Waals surface area (Å²) in [6.45, 7) is 0. The van der Waals surface area contributed by atoms with Crippen molar-refractivity contribution in [1.29, 1.82) is 0 Å². The van der Waals surface area contributed by atoms with Crippen LogP contribution in [0.3, 0.4) is 0 Å². The van der Waals surface area contributed by atoms with Crippen molar-refractivity contribution in [2.45, 2.75) is 0 Å². The quantitative estimate of drug-likeness (QED) is 0.152. The van der Waals surface area contributed by atoms with Crippen molar-refractivity contribution >= 4 is 38.9 Å². The van der Waals surface area contributed by atoms with Crippen LogP contribution in [0.4, 0.5) is 17.1 Å². The third-order valence-corrected chi connectivity index (χ3v) is 10.8. The summed E-state index contributed by atoms with van der Waals surface area (Å²) in [6.07, 6.45) is 0. The third-order valence-electron chi connectivity index (χ3n) is 10.8. The van der Waals surface area contributed by atoms with Gasteiger partial charge in [0.25, 0.3) is 0 Å². The Hall–Kier alpha value is -7.42. The predicted octanol–water partition coefficient (Wildman–Crippen LogP) is 14.9. The summed E-state index contributed by atoms with van der Waals surface area (Å²) in [5.41, 5.74) is 16.3. The zero-order valence-electron chi connectivity index (χ0n) is 30.8. The highest BCUT2D eigenvalue weighted by Gasteiger charge is 2.20. The van der Waals surface area contributed by atoms with Gasteiger partial charge in [-0.25, -0.2) is 0 Å². The van der Waals surface area contributed by atoms with E-state index >= 15 is 0 Å². The van der Waals surface area contributed by atoms with Crippen LogP contribution in [0.5, 0.6) is 0 Å². The smallest absolute Gasteiger partial charge is 0.0562 e. The molecule has 0 bridgehead atoms. The van der Waals surface area contributed by atoms with Crippen LogP contribution in [0, 0.1) is 0 Å². The highest BCUT2D eigenvalue weighted by atomic mass is 15.1. The topological polar surface area (TPSA) is 8.17 Å². The molecule has 0 unspecified atom stereocenters. The van der Waals surface area contributed by atoms with E-state index in [1.807, 2.05) is 0 Å². The number of aromatic nitrogens is 1. The average Bonchev–Trinajstić information content (AvgIpc) is 3.61. The maximum Gasteiger partial charge on any atom is 0.0562 e. The molecule has 0 amide bonds. The second-order valence-corrected chi connectivity index (χ2v) is 14.1. The van der Waals surface area contributed by atoms with Crippen molar-refractivity contribution in [3.63, 3.8) is 0 Å². The summed E-state index contributed by atoms with van der Waals surface area (Å²) in [4.78, 5) is 2.40. The molecule has 10 rings (SSSR count). The van der Waals surface area contributed by atoms with Crippen LogP contribution in [0.25, 0.3) is 72.0 Å². The van der Waals surface area contributed by atoms with E-state index < -0.39 is 0 Å². The SMILES string of the molecule is c1ccc(-c2ccc(N(c3cccc(-c4ccccc4-c4ccccc4)c3)c3ccc4c5ccccc5n(-c5ccccc5-c5ccccc5)c4c3)cc2)cc1. The molecule has 0 radical (unpaired) electrons. The molecule has 2 nitrogen and oxygen atoms in total. The predicted molar refractivity (Wildman–Crippen MR) is 237 cm³/mol. The first-order valence-electron chi connectivity index (χ1n) is 19.2. The highest BCUT2D eigenvalue weighted by Crippen LogP contribution is 2.43. The number of benzene rings is 9. The fourth-order valence-electron chi connectivity index (χ4n) is 8.19. The van der Waals surface area contributed by atoms with E-state index in [0.717, 1.165) is 28.3 Å². The van der Waals surface area contributed by atoms with Gasteiger partial charge in [0.05, 0.1) is 16.7 Å². The van der Waals surface area contributed by atoms with E-state index in [9.17, 15) is 0 Å². The second kappa shape index (κ2) is 14.4. The first-order chi connectivity index (χ1) is 27.8. The van der Waals surface area contributed by atoms with Gasteiger partial charge in [0.2, 0.25) is 0 Å². The van der Waals surface area contributed by atoms with Gasteiger partial charge in [-0.3, -0.25) is 0 Å². The van der Waals surface area contributed by atoms with Crippen LogP contribution < -0.4 is 4.90 Å². The summed E-state index contributed by atoms with van der Waals surface area (Å²) in [7, 11) is 0. The molecule has 0 saturated carbocycles. The van der Waals surface area contributed by atoms with Gasteiger partial charge in [0, 0.05) is 33.4 Å². The number of fused-ring (bicyclic) bond motifs is 3. The van der Waals surface area contributed by atoms with Gasteiger partial charge in [0.1, 0.15) is 0 Å². The lowest BCUT2D eigenvalue weighted by molar-refractivity contribution is 1.18. The Kier molecular flexibility index (Phi) is 8.55. The highest BCUT2D eigenvalue weighted by molar-refractivity contribution is 6.11. The van der Waals surface area contributed by atoms with Crippen LogP contribution in [0.1, 0.15) is 0 Å². The Morgan fingerprint density at radius 2 is 0.750 bits per heavy atom. The molecular formula is C54H38N2. The maximum atomic E-state index is 2.44. The molecule has 0 aliphatic carbocycles. The van der Waals surface area contributed by atoms with Gasteiger partial charge in [-0.05, 0) is 87.5 Å². The monoisotopic (exact) mass is 714 g/mol. The summed E-state index contributed by atoms with van der Waals surface area (Å²) in [5, 5.41) is 2.45. The minimum atomic E-state index is 1.08. The van der Waals surface area contributed by atoms with Crippen LogP contribution in [0.15, 0.2) is 231 Å². The van der Waals surface area contributed by atoms with Crippen LogP contribution in [-0.4, -0.2) is 4.57 Å². The molecule has 9 aromatic carbocycles. The Morgan fingerprint density at radius 3 is 1.46 bits per heavy atom. The van der Waals surface area contributed by atoms with Gasteiger partial charge in [0.15, 0.2) is 0 Å². The molecule has 0 aliphatic rings. The summed E-state index contributed by atoms with van der Waals surface area (Å²) < 4.78 is 2.44. The molecule has 1 heterocycles. The molecule has 10 aromatic rings. The van der Waals surface area contributed by atoms with E-state index in [1.165, 1.54) is 60.8 Å². The number of para-hydroxylation sites is 2. The van der Waals surface area contributed by atoms with Crippen molar-refractivity contribution in [3.8, 4) is 50.2 Å². The van der Waals surface area contributed by atoms with Gasteiger partial charge in [-0.1, -0.05) is 182 Å². The van der Waals surface area contributed by atoms with Crippen LogP contribution >= 0.6 is 0 Å². The van der Waals surface area contributed by atoms with Crippen molar-refractivity contribution < 1.29 is 0 Å². The van der Waals surface area contributed by atoms with Crippen molar-refractivity contribution in [3.05, 3.63) is 231 Å². The third kappa shape index (κ3) is 6.04. The molecule has 0 N–H and O–H groups in total. The van der Waals surface area contributed by atoms with Gasteiger partial charge in [-0.15, -0.1) is 0 Å². The van der Waals surface area contributed by atoms with E-state index in [2.05, 4.69) is 240 Å². The molecule has 0 fully saturated rings. The number of nitrogens with zero attached hydrogens (tertiary/aromatic N) is 2. The zero-order valence-corrected chi connectivity index (χ0v) is 30.8. The first kappa shape index (κ1) is 33.2. The lowest BCUT2D eigenvalue weighted by atomic mass is 9.94. The average molecular weight is 715 g/mol. The Labute approximate surface area is 327 Å². The van der Waals surface area contributed by atoms with E-state index in [-0.39, 0.29) is 0 Å². The molecule has 264 valence electrons. The molecule has 0 spiro atoms. The number of hydrogen-bond acceptors (Lipinski definition) is 1. The lowest BCUT2D eigenvalue weighted by Gasteiger charge is -2.27. The van der Waals surface area contributed by atoms with Gasteiger partial charge >= 0.3 is 0 Å². The molecule has 1 aromatic heterocycles.